The van der Waals surface area contributed by atoms with Crippen LogP contribution in [-0.2, 0) is 26.1 Å². The van der Waals surface area contributed by atoms with E-state index in [-0.39, 0.29) is 29.0 Å². The highest BCUT2D eigenvalue weighted by Gasteiger charge is 2.21. The zero-order valence-corrected chi connectivity index (χ0v) is 17.6. The van der Waals surface area contributed by atoms with Crippen LogP contribution in [0.1, 0.15) is 6.92 Å². The molecule has 0 amide bonds. The van der Waals surface area contributed by atoms with Crippen molar-refractivity contribution in [1.29, 1.82) is 0 Å². The molecule has 28 heavy (non-hydrogen) atoms. The maximum Gasteiger partial charge on any atom is 0.326 e. The summed E-state index contributed by atoms with van der Waals surface area (Å²) in [7, 11) is -3.99. The van der Waals surface area contributed by atoms with Gasteiger partial charge in [0.25, 0.3) is 10.0 Å². The van der Waals surface area contributed by atoms with Crippen molar-refractivity contribution in [3.05, 3.63) is 33.4 Å². The van der Waals surface area contributed by atoms with Gasteiger partial charge >= 0.3 is 5.97 Å². The number of aromatic nitrogens is 1. The van der Waals surface area contributed by atoms with Crippen molar-refractivity contribution in [2.45, 2.75) is 17.7 Å². The summed E-state index contributed by atoms with van der Waals surface area (Å²) in [6.45, 7) is 1.83. The van der Waals surface area contributed by atoms with E-state index in [9.17, 15) is 13.2 Å². The minimum absolute atomic E-state index is 0.0202. The highest BCUT2D eigenvalue weighted by molar-refractivity contribution is 7.92. The van der Waals surface area contributed by atoms with Crippen LogP contribution in [-0.4, -0.2) is 32.4 Å². The Balaban J connectivity index is 1.90. The summed E-state index contributed by atoms with van der Waals surface area (Å²) in [5.41, 5.74) is 0.598. The summed E-state index contributed by atoms with van der Waals surface area (Å²) in [5, 5.41) is 0. The summed E-state index contributed by atoms with van der Waals surface area (Å²) in [6, 6.07) is 6.31. The third-order valence-electron chi connectivity index (χ3n) is 3.77. The number of sulfonamides is 1. The lowest BCUT2D eigenvalue weighted by Crippen LogP contribution is -2.23. The van der Waals surface area contributed by atoms with Gasteiger partial charge in [0.15, 0.2) is 11.5 Å². The Hall–Kier alpha value is -2.08. The number of thiophene rings is 1. The first kappa shape index (κ1) is 19.2. The fourth-order valence-electron chi connectivity index (χ4n) is 2.60. The lowest BCUT2D eigenvalue weighted by molar-refractivity contribution is -0.143. The number of rotatable bonds is 5. The Morgan fingerprint density at radius 1 is 1.29 bits per heavy atom. The largest absolute Gasteiger partial charge is 0.465 e. The molecule has 148 valence electrons. The number of thiazole rings is 1. The van der Waals surface area contributed by atoms with E-state index in [1.54, 1.807) is 19.1 Å². The molecule has 1 aromatic carbocycles. The van der Waals surface area contributed by atoms with Gasteiger partial charge in [-0.1, -0.05) is 22.9 Å². The summed E-state index contributed by atoms with van der Waals surface area (Å²) < 4.78 is 47.6. The molecule has 0 atom stereocenters. The predicted molar refractivity (Wildman–Crippen MR) is 105 cm³/mol. The van der Waals surface area contributed by atoms with Gasteiger partial charge in [0, 0.05) is 12.1 Å². The lowest BCUT2D eigenvalue weighted by atomic mass is 10.3. The maximum absolute atomic E-state index is 12.7. The first-order valence-electron chi connectivity index (χ1n) is 8.02. The third-order valence-corrected chi connectivity index (χ3v) is 7.89. The van der Waals surface area contributed by atoms with Crippen LogP contribution in [0.3, 0.4) is 0 Å². The first-order chi connectivity index (χ1) is 13.4. The number of nitrogens with zero attached hydrogens (tertiary/aromatic N) is 2. The maximum atomic E-state index is 12.7. The summed E-state index contributed by atoms with van der Waals surface area (Å²) in [6.07, 6.45) is 0. The van der Waals surface area contributed by atoms with Crippen LogP contribution in [0.15, 0.2) is 32.9 Å². The Kier molecular flexibility index (Phi) is 5.08. The van der Waals surface area contributed by atoms with E-state index in [1.807, 2.05) is 0 Å². The van der Waals surface area contributed by atoms with E-state index in [2.05, 4.69) is 4.40 Å². The molecule has 1 aliphatic rings. The van der Waals surface area contributed by atoms with Crippen LogP contribution < -0.4 is 14.3 Å². The minimum Gasteiger partial charge on any atom is -0.465 e. The molecule has 3 aromatic rings. The molecule has 3 heterocycles. The molecule has 8 nitrogen and oxygen atoms in total. The zero-order valence-electron chi connectivity index (χ0n) is 14.4. The van der Waals surface area contributed by atoms with E-state index >= 15 is 0 Å². The van der Waals surface area contributed by atoms with Crippen molar-refractivity contribution in [2.75, 3.05) is 13.4 Å². The number of carbonyl (C=O) groups is 1. The second kappa shape index (κ2) is 7.39. The van der Waals surface area contributed by atoms with Crippen molar-refractivity contribution in [3.8, 4) is 11.5 Å². The third kappa shape index (κ3) is 3.62. The van der Waals surface area contributed by atoms with Gasteiger partial charge in [0.1, 0.15) is 10.8 Å². The van der Waals surface area contributed by atoms with Gasteiger partial charge in [-0.15, -0.1) is 15.7 Å². The SMILES string of the molecule is CCOC(=O)Cn1c(=NS(=O)(=O)c2ccc(Cl)s2)sc2cc3c(cc21)OCO3. The van der Waals surface area contributed by atoms with Crippen LogP contribution in [0, 0.1) is 0 Å². The molecule has 1 aliphatic heterocycles. The number of ether oxygens (including phenoxy) is 3. The van der Waals surface area contributed by atoms with E-state index in [1.165, 1.54) is 16.7 Å². The van der Waals surface area contributed by atoms with E-state index in [4.69, 9.17) is 25.8 Å². The second-order valence-corrected chi connectivity index (χ2v) is 10.1. The number of fused-ring (bicyclic) bond motifs is 2. The summed E-state index contributed by atoms with van der Waals surface area (Å²) >= 11 is 7.88. The van der Waals surface area contributed by atoms with Gasteiger partial charge in [0.2, 0.25) is 11.6 Å². The highest BCUT2D eigenvalue weighted by atomic mass is 35.5. The van der Waals surface area contributed by atoms with Crippen molar-refractivity contribution in [1.82, 2.24) is 4.57 Å². The molecule has 0 bridgehead atoms. The number of benzene rings is 1. The summed E-state index contributed by atoms with van der Waals surface area (Å²) in [4.78, 5) is 12.2. The van der Waals surface area contributed by atoms with E-state index in [0.29, 0.717) is 26.1 Å². The van der Waals surface area contributed by atoms with Crippen LogP contribution in [0.5, 0.6) is 11.5 Å². The lowest BCUT2D eigenvalue weighted by Gasteiger charge is -2.05. The fourth-order valence-corrected chi connectivity index (χ4v) is 6.31. The number of hydrogen-bond donors (Lipinski definition) is 0. The molecule has 0 saturated carbocycles. The van der Waals surface area contributed by atoms with Crippen LogP contribution in [0.2, 0.25) is 4.34 Å². The standard InChI is InChI=1S/C16H13ClN2O6S3/c1-2-23-14(20)7-19-9-5-10-11(25-8-24-10)6-12(9)26-16(19)18-28(21,22)15-4-3-13(17)27-15/h3-6H,2,7-8H2,1H3. The normalized spacial score (nSPS) is 14.0. The summed E-state index contributed by atoms with van der Waals surface area (Å²) in [5.74, 6) is 0.566. The minimum atomic E-state index is -3.99. The first-order valence-corrected chi connectivity index (χ1v) is 11.5. The molecule has 0 spiro atoms. The van der Waals surface area contributed by atoms with Crippen molar-refractivity contribution in [3.63, 3.8) is 0 Å². The molecular weight excluding hydrogens is 448 g/mol. The smallest absolute Gasteiger partial charge is 0.326 e. The topological polar surface area (TPSA) is 96.2 Å². The predicted octanol–water partition coefficient (Wildman–Crippen LogP) is 3.00. The van der Waals surface area contributed by atoms with Crippen LogP contribution in [0.4, 0.5) is 0 Å². The van der Waals surface area contributed by atoms with Gasteiger partial charge in [-0.3, -0.25) is 4.79 Å². The Morgan fingerprint density at radius 3 is 2.71 bits per heavy atom. The monoisotopic (exact) mass is 460 g/mol. The van der Waals surface area contributed by atoms with Crippen molar-refractivity contribution < 1.29 is 27.4 Å². The molecule has 0 aliphatic carbocycles. The number of hydrogen-bond acceptors (Lipinski definition) is 8. The fraction of sp³-hybridized carbons (Fsp3) is 0.250. The molecular formula is C16H13ClN2O6S3. The molecule has 12 heteroatoms. The average Bonchev–Trinajstić information content (AvgIpc) is 3.33. The average molecular weight is 461 g/mol. The Bertz CT molecular complexity index is 1240. The van der Waals surface area contributed by atoms with Gasteiger partial charge < -0.3 is 18.8 Å². The molecule has 0 N–H and O–H groups in total. The second-order valence-electron chi connectivity index (χ2n) is 5.57. The van der Waals surface area contributed by atoms with Gasteiger partial charge in [-0.2, -0.15) is 8.42 Å². The van der Waals surface area contributed by atoms with Gasteiger partial charge in [-0.25, -0.2) is 0 Å². The van der Waals surface area contributed by atoms with E-state index in [0.717, 1.165) is 22.7 Å². The molecule has 0 radical (unpaired) electrons. The highest BCUT2D eigenvalue weighted by Crippen LogP contribution is 2.37. The molecule has 2 aromatic heterocycles. The van der Waals surface area contributed by atoms with Crippen LogP contribution >= 0.6 is 34.3 Å². The molecule has 0 unspecified atom stereocenters. The number of carbonyl (C=O) groups excluding carboxylic acids is 1. The molecule has 4 rings (SSSR count). The number of esters is 1. The van der Waals surface area contributed by atoms with Gasteiger partial charge in [0.05, 0.1) is 21.2 Å². The Morgan fingerprint density at radius 2 is 2.04 bits per heavy atom. The zero-order chi connectivity index (χ0) is 19.9. The van der Waals surface area contributed by atoms with Gasteiger partial charge in [-0.05, 0) is 19.1 Å². The van der Waals surface area contributed by atoms with Crippen LogP contribution in [0.25, 0.3) is 10.2 Å². The quantitative estimate of drug-likeness (QED) is 0.543. The molecule has 0 fully saturated rings. The van der Waals surface area contributed by atoms with Crippen molar-refractivity contribution >= 4 is 60.5 Å². The van der Waals surface area contributed by atoms with E-state index < -0.39 is 16.0 Å². The number of halogens is 1. The van der Waals surface area contributed by atoms with Crippen molar-refractivity contribution in [2.24, 2.45) is 4.40 Å². The molecule has 0 saturated heterocycles. The Labute approximate surface area is 172 Å².